The topological polar surface area (TPSA) is 64.8 Å². The lowest BCUT2D eigenvalue weighted by Gasteiger charge is -2.19. The molecule has 0 aliphatic rings. The molecule has 5 heteroatoms. The quantitative estimate of drug-likeness (QED) is 0.397. The second-order valence-corrected chi connectivity index (χ2v) is 9.77. The number of ether oxygens (including phenoxy) is 2. The Bertz CT molecular complexity index is 885. The minimum atomic E-state index is -0.454. The monoisotopic (exact) mass is 468 g/mol. The summed E-state index contributed by atoms with van der Waals surface area (Å²) in [5, 5.41) is 0. The number of nitrogens with two attached hydrogens (primary N) is 1. The van der Waals surface area contributed by atoms with Crippen LogP contribution in [0.25, 0.3) is 0 Å². The number of benzene rings is 2. The fourth-order valence-electron chi connectivity index (χ4n) is 4.03. The highest BCUT2D eigenvalue weighted by Crippen LogP contribution is 2.22. The van der Waals surface area contributed by atoms with Crippen LogP contribution in [-0.2, 0) is 35.2 Å². The van der Waals surface area contributed by atoms with Crippen molar-refractivity contribution in [1.29, 1.82) is 0 Å². The van der Waals surface area contributed by atoms with Gasteiger partial charge < -0.3 is 20.1 Å². The molecule has 0 unspecified atom stereocenters. The summed E-state index contributed by atoms with van der Waals surface area (Å²) in [6.45, 7) is 14.4. The zero-order valence-electron chi connectivity index (χ0n) is 21.9. The number of hydrogen-bond acceptors (Lipinski definition) is 5. The number of hydrogen-bond donors (Lipinski definition) is 1. The van der Waals surface area contributed by atoms with E-state index in [0.29, 0.717) is 26.0 Å². The van der Waals surface area contributed by atoms with E-state index in [0.717, 1.165) is 50.2 Å². The van der Waals surface area contributed by atoms with Crippen LogP contribution in [0.4, 0.5) is 0 Å². The van der Waals surface area contributed by atoms with Crippen LogP contribution in [0.15, 0.2) is 42.5 Å². The zero-order valence-corrected chi connectivity index (χ0v) is 21.9. The molecule has 2 aromatic rings. The Morgan fingerprint density at radius 1 is 0.912 bits per heavy atom. The first-order valence-corrected chi connectivity index (χ1v) is 12.7. The number of nitrogens with zero attached hydrogens (tertiary/aromatic N) is 1. The Morgan fingerprint density at radius 3 is 2.15 bits per heavy atom. The maximum atomic E-state index is 12.2. The molecule has 0 heterocycles. The smallest absolute Gasteiger partial charge is 0.306 e. The van der Waals surface area contributed by atoms with Crippen LogP contribution in [0.1, 0.15) is 63.3 Å². The minimum absolute atomic E-state index is 0.158. The van der Waals surface area contributed by atoms with Gasteiger partial charge in [0.1, 0.15) is 18.0 Å². The lowest BCUT2D eigenvalue weighted by atomic mass is 9.96. The van der Waals surface area contributed by atoms with Gasteiger partial charge >= 0.3 is 5.97 Å². The first-order valence-electron chi connectivity index (χ1n) is 12.7. The van der Waals surface area contributed by atoms with Crippen molar-refractivity contribution in [1.82, 2.24) is 4.90 Å². The highest BCUT2D eigenvalue weighted by atomic mass is 16.6. The van der Waals surface area contributed by atoms with Crippen molar-refractivity contribution in [2.75, 3.05) is 32.8 Å². The molecule has 0 bridgehead atoms. The summed E-state index contributed by atoms with van der Waals surface area (Å²) in [5.41, 5.74) is 10.3. The molecule has 0 amide bonds. The lowest BCUT2D eigenvalue weighted by Crippen LogP contribution is -2.28. The van der Waals surface area contributed by atoms with Crippen LogP contribution in [0.5, 0.6) is 5.75 Å². The van der Waals surface area contributed by atoms with Gasteiger partial charge in [0.25, 0.3) is 0 Å². The van der Waals surface area contributed by atoms with Crippen LogP contribution in [0.2, 0.25) is 0 Å². The van der Waals surface area contributed by atoms with Crippen molar-refractivity contribution in [3.8, 4) is 5.75 Å². The van der Waals surface area contributed by atoms with E-state index in [1.165, 1.54) is 16.7 Å². The molecular formula is C29H44N2O3. The standard InChI is InChI=1S/C29H44N2O3/c1-6-31(7-2)18-19-33-27-11-9-8-10-26(27)14-12-23-20-24(22-25(21-23)16-17-30)13-15-28(32)34-29(3,4)5/h8-11,20-22H,6-7,12-19,30H2,1-5H3. The molecule has 2 rings (SSSR count). The second kappa shape index (κ2) is 14.1. The Balaban J connectivity index is 2.04. The van der Waals surface area contributed by atoms with E-state index >= 15 is 0 Å². The van der Waals surface area contributed by atoms with Gasteiger partial charge in [0.05, 0.1) is 0 Å². The molecule has 0 aromatic heterocycles. The van der Waals surface area contributed by atoms with E-state index in [9.17, 15) is 4.79 Å². The van der Waals surface area contributed by atoms with E-state index in [4.69, 9.17) is 15.2 Å². The van der Waals surface area contributed by atoms with E-state index < -0.39 is 5.60 Å². The molecule has 0 saturated heterocycles. The number of carbonyl (C=O) groups is 1. The molecule has 0 spiro atoms. The number of esters is 1. The van der Waals surface area contributed by atoms with Crippen LogP contribution < -0.4 is 10.5 Å². The maximum absolute atomic E-state index is 12.2. The van der Waals surface area contributed by atoms with Gasteiger partial charge in [-0.05, 0) is 94.4 Å². The number of aryl methyl sites for hydroxylation is 3. The Kier molecular flexibility index (Phi) is 11.6. The Hall–Kier alpha value is -2.37. The van der Waals surface area contributed by atoms with Crippen molar-refractivity contribution in [3.63, 3.8) is 0 Å². The van der Waals surface area contributed by atoms with Crippen molar-refractivity contribution in [2.24, 2.45) is 5.73 Å². The summed E-state index contributed by atoms with van der Waals surface area (Å²) in [6.07, 6.45) is 3.70. The van der Waals surface area contributed by atoms with Crippen molar-refractivity contribution < 1.29 is 14.3 Å². The summed E-state index contributed by atoms with van der Waals surface area (Å²) >= 11 is 0. The Labute approximate surface area is 206 Å². The van der Waals surface area contributed by atoms with Crippen molar-refractivity contribution >= 4 is 5.97 Å². The second-order valence-electron chi connectivity index (χ2n) is 9.77. The minimum Gasteiger partial charge on any atom is -0.492 e. The largest absolute Gasteiger partial charge is 0.492 e. The third kappa shape index (κ3) is 10.3. The van der Waals surface area contributed by atoms with E-state index in [1.807, 2.05) is 26.8 Å². The molecule has 0 aliphatic carbocycles. The van der Waals surface area contributed by atoms with Crippen LogP contribution >= 0.6 is 0 Å². The van der Waals surface area contributed by atoms with Gasteiger partial charge in [-0.1, -0.05) is 50.2 Å². The van der Waals surface area contributed by atoms with Gasteiger partial charge in [0.2, 0.25) is 0 Å². The molecule has 0 saturated carbocycles. The molecule has 2 aromatic carbocycles. The molecule has 188 valence electrons. The van der Waals surface area contributed by atoms with Crippen LogP contribution in [0, 0.1) is 0 Å². The molecule has 0 aliphatic heterocycles. The zero-order chi connectivity index (χ0) is 25.0. The van der Waals surface area contributed by atoms with E-state index in [2.05, 4.69) is 55.1 Å². The van der Waals surface area contributed by atoms with Gasteiger partial charge in [-0.3, -0.25) is 4.79 Å². The SMILES string of the molecule is CCN(CC)CCOc1ccccc1CCc1cc(CCN)cc(CCC(=O)OC(C)(C)C)c1. The summed E-state index contributed by atoms with van der Waals surface area (Å²) in [4.78, 5) is 14.5. The van der Waals surface area contributed by atoms with Crippen molar-refractivity contribution in [2.45, 2.75) is 72.3 Å². The Morgan fingerprint density at radius 2 is 1.53 bits per heavy atom. The maximum Gasteiger partial charge on any atom is 0.306 e. The number of carbonyl (C=O) groups excluding carboxylic acids is 1. The third-order valence-corrected chi connectivity index (χ3v) is 5.80. The van der Waals surface area contributed by atoms with E-state index in [1.54, 1.807) is 0 Å². The average molecular weight is 469 g/mol. The first kappa shape index (κ1) is 27.9. The average Bonchev–Trinajstić information content (AvgIpc) is 2.79. The summed E-state index contributed by atoms with van der Waals surface area (Å²) < 4.78 is 11.6. The molecule has 34 heavy (non-hydrogen) atoms. The number of likely N-dealkylation sites (N-methyl/N-ethyl adjacent to an activating group) is 1. The molecule has 2 N–H and O–H groups in total. The van der Waals surface area contributed by atoms with Gasteiger partial charge in [-0.2, -0.15) is 0 Å². The molecule has 0 radical (unpaired) electrons. The third-order valence-electron chi connectivity index (χ3n) is 5.80. The van der Waals surface area contributed by atoms with Gasteiger partial charge in [0.15, 0.2) is 0 Å². The lowest BCUT2D eigenvalue weighted by molar-refractivity contribution is -0.154. The highest BCUT2D eigenvalue weighted by Gasteiger charge is 2.16. The number of para-hydroxylation sites is 1. The summed E-state index contributed by atoms with van der Waals surface area (Å²) in [6, 6.07) is 15.0. The fourth-order valence-corrected chi connectivity index (χ4v) is 4.03. The molecular weight excluding hydrogens is 424 g/mol. The van der Waals surface area contributed by atoms with E-state index in [-0.39, 0.29) is 5.97 Å². The fraction of sp³-hybridized carbons (Fsp3) is 0.552. The van der Waals surface area contributed by atoms with Gasteiger partial charge in [-0.25, -0.2) is 0 Å². The normalized spacial score (nSPS) is 11.6. The molecule has 0 atom stereocenters. The number of rotatable bonds is 14. The van der Waals surface area contributed by atoms with Gasteiger partial charge in [0, 0.05) is 13.0 Å². The summed E-state index contributed by atoms with van der Waals surface area (Å²) in [5.74, 6) is 0.812. The van der Waals surface area contributed by atoms with Gasteiger partial charge in [-0.15, -0.1) is 0 Å². The first-order chi connectivity index (χ1) is 16.2. The van der Waals surface area contributed by atoms with Crippen LogP contribution in [-0.4, -0.2) is 49.3 Å². The molecule has 0 fully saturated rings. The predicted molar refractivity (Wildman–Crippen MR) is 140 cm³/mol. The van der Waals surface area contributed by atoms with Crippen LogP contribution in [0.3, 0.4) is 0 Å². The predicted octanol–water partition coefficient (Wildman–Crippen LogP) is 4.97. The summed E-state index contributed by atoms with van der Waals surface area (Å²) in [7, 11) is 0. The van der Waals surface area contributed by atoms with Crippen molar-refractivity contribution in [3.05, 3.63) is 64.7 Å². The highest BCUT2D eigenvalue weighted by molar-refractivity contribution is 5.70. The molecule has 5 nitrogen and oxygen atoms in total.